The molecule has 1 amide bonds. The SMILES string of the molecule is CC(CCC(C)C)=NNC(=O)c1ccc(COc2ccccc2-c2ccccc2)cc1. The van der Waals surface area contributed by atoms with Crippen molar-refractivity contribution in [2.45, 2.75) is 40.2 Å². The van der Waals surface area contributed by atoms with E-state index in [1.165, 1.54) is 0 Å². The van der Waals surface area contributed by atoms with Crippen LogP contribution < -0.4 is 10.2 Å². The second-order valence-corrected chi connectivity index (χ2v) is 8.07. The fourth-order valence-electron chi connectivity index (χ4n) is 3.13. The summed E-state index contributed by atoms with van der Waals surface area (Å²) < 4.78 is 6.08. The van der Waals surface area contributed by atoms with E-state index in [4.69, 9.17) is 4.74 Å². The van der Waals surface area contributed by atoms with E-state index in [0.717, 1.165) is 41.0 Å². The molecular formula is C27H30N2O2. The molecule has 0 heterocycles. The molecule has 3 aromatic rings. The Kier molecular flexibility index (Phi) is 7.99. The maximum atomic E-state index is 12.3. The number of ether oxygens (including phenoxy) is 1. The number of benzene rings is 3. The number of nitrogens with zero attached hydrogens (tertiary/aromatic N) is 1. The molecule has 0 saturated carbocycles. The van der Waals surface area contributed by atoms with Gasteiger partial charge >= 0.3 is 0 Å². The Morgan fingerprint density at radius 2 is 1.61 bits per heavy atom. The van der Waals surface area contributed by atoms with Gasteiger partial charge < -0.3 is 4.74 Å². The predicted molar refractivity (Wildman–Crippen MR) is 127 cm³/mol. The highest BCUT2D eigenvalue weighted by atomic mass is 16.5. The molecule has 0 aromatic heterocycles. The summed E-state index contributed by atoms with van der Waals surface area (Å²) in [4.78, 5) is 12.3. The smallest absolute Gasteiger partial charge is 0.271 e. The number of amides is 1. The van der Waals surface area contributed by atoms with Crippen molar-refractivity contribution >= 4 is 11.6 Å². The Morgan fingerprint density at radius 3 is 2.32 bits per heavy atom. The number of rotatable bonds is 9. The van der Waals surface area contributed by atoms with Gasteiger partial charge in [0.25, 0.3) is 5.91 Å². The van der Waals surface area contributed by atoms with E-state index >= 15 is 0 Å². The number of carbonyl (C=O) groups is 1. The molecule has 4 heteroatoms. The zero-order chi connectivity index (χ0) is 22.1. The van der Waals surface area contributed by atoms with Gasteiger partial charge in [-0.1, -0.05) is 74.5 Å². The fraction of sp³-hybridized carbons (Fsp3) is 0.259. The molecule has 3 aromatic carbocycles. The summed E-state index contributed by atoms with van der Waals surface area (Å²) in [5.41, 5.74) is 7.33. The molecule has 0 aliphatic rings. The Balaban J connectivity index is 1.58. The highest BCUT2D eigenvalue weighted by Gasteiger charge is 2.08. The molecule has 1 N–H and O–H groups in total. The number of carbonyl (C=O) groups excluding carboxylic acids is 1. The molecule has 160 valence electrons. The Hall–Kier alpha value is -3.40. The first kappa shape index (κ1) is 22.3. The van der Waals surface area contributed by atoms with Crippen LogP contribution >= 0.6 is 0 Å². The molecule has 3 rings (SSSR count). The summed E-state index contributed by atoms with van der Waals surface area (Å²) in [7, 11) is 0. The second kappa shape index (κ2) is 11.1. The molecule has 0 aliphatic heterocycles. The van der Waals surface area contributed by atoms with E-state index in [0.29, 0.717) is 18.1 Å². The molecular weight excluding hydrogens is 384 g/mol. The maximum Gasteiger partial charge on any atom is 0.271 e. The average Bonchev–Trinajstić information content (AvgIpc) is 2.81. The third-order valence-electron chi connectivity index (χ3n) is 5.01. The first-order valence-corrected chi connectivity index (χ1v) is 10.7. The summed E-state index contributed by atoms with van der Waals surface area (Å²) >= 11 is 0. The van der Waals surface area contributed by atoms with Crippen LogP contribution in [-0.2, 0) is 6.61 Å². The first-order chi connectivity index (χ1) is 15.0. The predicted octanol–water partition coefficient (Wildman–Crippen LogP) is 6.47. The topological polar surface area (TPSA) is 50.7 Å². The standard InChI is InChI=1S/C27H30N2O2/c1-20(2)13-14-21(3)28-29-27(30)24-17-15-22(16-18-24)19-31-26-12-8-7-11-25(26)23-9-5-4-6-10-23/h4-12,15-18,20H,13-14,19H2,1-3H3,(H,29,30). The first-order valence-electron chi connectivity index (χ1n) is 10.7. The van der Waals surface area contributed by atoms with Crippen molar-refractivity contribution < 1.29 is 9.53 Å². The molecule has 0 atom stereocenters. The zero-order valence-electron chi connectivity index (χ0n) is 18.5. The maximum absolute atomic E-state index is 12.3. The van der Waals surface area contributed by atoms with E-state index in [1.807, 2.05) is 55.5 Å². The van der Waals surface area contributed by atoms with E-state index in [2.05, 4.69) is 42.6 Å². The molecule has 0 fully saturated rings. The summed E-state index contributed by atoms with van der Waals surface area (Å²) in [6, 6.07) is 25.6. The lowest BCUT2D eigenvalue weighted by Gasteiger charge is -2.12. The van der Waals surface area contributed by atoms with E-state index in [-0.39, 0.29) is 5.91 Å². The molecule has 4 nitrogen and oxygen atoms in total. The molecule has 0 unspecified atom stereocenters. The summed E-state index contributed by atoms with van der Waals surface area (Å²) in [5, 5.41) is 4.20. The highest BCUT2D eigenvalue weighted by molar-refractivity contribution is 5.95. The number of hydrazone groups is 1. The van der Waals surface area contributed by atoms with Crippen LogP contribution in [-0.4, -0.2) is 11.6 Å². The van der Waals surface area contributed by atoms with Gasteiger partial charge in [-0.2, -0.15) is 5.10 Å². The monoisotopic (exact) mass is 414 g/mol. The second-order valence-electron chi connectivity index (χ2n) is 8.07. The quantitative estimate of drug-likeness (QED) is 0.322. The van der Waals surface area contributed by atoms with E-state index in [9.17, 15) is 4.79 Å². The van der Waals surface area contributed by atoms with Crippen molar-refractivity contribution in [1.29, 1.82) is 0 Å². The largest absolute Gasteiger partial charge is 0.488 e. The Labute approximate surface area is 185 Å². The van der Waals surface area contributed by atoms with Crippen LogP contribution in [0, 0.1) is 5.92 Å². The van der Waals surface area contributed by atoms with Crippen molar-refractivity contribution in [3.8, 4) is 16.9 Å². The van der Waals surface area contributed by atoms with Gasteiger partial charge in [0.1, 0.15) is 12.4 Å². The summed E-state index contributed by atoms with van der Waals surface area (Å²) in [6.45, 7) is 6.73. The van der Waals surface area contributed by atoms with Gasteiger partial charge in [0.2, 0.25) is 0 Å². The molecule has 0 aliphatic carbocycles. The minimum Gasteiger partial charge on any atom is -0.488 e. The molecule has 31 heavy (non-hydrogen) atoms. The van der Waals surface area contributed by atoms with Gasteiger partial charge in [0.15, 0.2) is 0 Å². The van der Waals surface area contributed by atoms with Crippen molar-refractivity contribution in [1.82, 2.24) is 5.43 Å². The minimum absolute atomic E-state index is 0.203. The van der Waals surface area contributed by atoms with Crippen molar-refractivity contribution in [3.05, 3.63) is 90.0 Å². The van der Waals surface area contributed by atoms with Gasteiger partial charge in [0, 0.05) is 16.8 Å². The molecule has 0 radical (unpaired) electrons. The van der Waals surface area contributed by atoms with Crippen LogP contribution in [0.25, 0.3) is 11.1 Å². The number of nitrogens with one attached hydrogen (secondary N) is 1. The lowest BCUT2D eigenvalue weighted by Crippen LogP contribution is -2.19. The van der Waals surface area contributed by atoms with Crippen molar-refractivity contribution in [3.63, 3.8) is 0 Å². The molecule has 0 spiro atoms. The lowest BCUT2D eigenvalue weighted by molar-refractivity contribution is 0.0954. The van der Waals surface area contributed by atoms with Crippen molar-refractivity contribution in [2.24, 2.45) is 11.0 Å². The minimum atomic E-state index is -0.203. The normalized spacial score (nSPS) is 11.4. The molecule has 0 bridgehead atoms. The number of hydrogen-bond acceptors (Lipinski definition) is 3. The number of hydrogen-bond donors (Lipinski definition) is 1. The zero-order valence-corrected chi connectivity index (χ0v) is 18.5. The van der Waals surface area contributed by atoms with Gasteiger partial charge in [-0.25, -0.2) is 5.43 Å². The van der Waals surface area contributed by atoms with Gasteiger partial charge in [0.05, 0.1) is 0 Å². The van der Waals surface area contributed by atoms with Gasteiger partial charge in [-0.05, 0) is 55.0 Å². The van der Waals surface area contributed by atoms with Crippen LogP contribution in [0.2, 0.25) is 0 Å². The summed E-state index contributed by atoms with van der Waals surface area (Å²) in [6.07, 6.45) is 1.95. The van der Waals surface area contributed by atoms with Crippen LogP contribution in [0.5, 0.6) is 5.75 Å². The van der Waals surface area contributed by atoms with Gasteiger partial charge in [-0.3, -0.25) is 4.79 Å². The Morgan fingerprint density at radius 1 is 0.935 bits per heavy atom. The number of para-hydroxylation sites is 1. The van der Waals surface area contributed by atoms with E-state index < -0.39 is 0 Å². The lowest BCUT2D eigenvalue weighted by atomic mass is 10.0. The van der Waals surface area contributed by atoms with Crippen molar-refractivity contribution in [2.75, 3.05) is 0 Å². The molecule has 0 saturated heterocycles. The van der Waals surface area contributed by atoms with Crippen LogP contribution in [0.1, 0.15) is 49.5 Å². The highest BCUT2D eigenvalue weighted by Crippen LogP contribution is 2.30. The fourth-order valence-corrected chi connectivity index (χ4v) is 3.13. The third kappa shape index (κ3) is 6.82. The Bertz CT molecular complexity index is 1010. The van der Waals surface area contributed by atoms with Gasteiger partial charge in [-0.15, -0.1) is 0 Å². The van der Waals surface area contributed by atoms with E-state index in [1.54, 1.807) is 12.1 Å². The summed E-state index contributed by atoms with van der Waals surface area (Å²) in [5.74, 6) is 1.25. The van der Waals surface area contributed by atoms with Crippen LogP contribution in [0.15, 0.2) is 84.0 Å². The van der Waals surface area contributed by atoms with Crippen LogP contribution in [0.4, 0.5) is 0 Å². The van der Waals surface area contributed by atoms with Crippen LogP contribution in [0.3, 0.4) is 0 Å². The third-order valence-corrected chi connectivity index (χ3v) is 5.01. The average molecular weight is 415 g/mol.